The van der Waals surface area contributed by atoms with Crippen molar-refractivity contribution in [1.82, 2.24) is 0 Å². The SMILES string of the molecule is [CH2]C[Si](C)(C(C)(C)C)C(C)(C)C. The molecule has 0 aromatic heterocycles. The van der Waals surface area contributed by atoms with Crippen molar-refractivity contribution in [2.24, 2.45) is 0 Å². The Morgan fingerprint density at radius 2 is 1.17 bits per heavy atom. The highest BCUT2D eigenvalue weighted by Crippen LogP contribution is 2.52. The van der Waals surface area contributed by atoms with Gasteiger partial charge in [-0.3, -0.25) is 0 Å². The zero-order valence-corrected chi connectivity index (χ0v) is 10.9. The van der Waals surface area contributed by atoms with E-state index in [0.29, 0.717) is 10.1 Å². The molecule has 0 aromatic carbocycles. The maximum absolute atomic E-state index is 4.15. The largest absolute Gasteiger partial charge is 0.0684 e. The van der Waals surface area contributed by atoms with Crippen LogP contribution in [-0.4, -0.2) is 8.07 Å². The minimum absolute atomic E-state index is 0.465. The molecular formula is C11H25Si. The van der Waals surface area contributed by atoms with Gasteiger partial charge >= 0.3 is 0 Å². The average molecular weight is 185 g/mol. The topological polar surface area (TPSA) is 0 Å². The van der Waals surface area contributed by atoms with E-state index in [4.69, 9.17) is 0 Å². The molecule has 0 atom stereocenters. The Hall–Kier alpha value is 0.217. The summed E-state index contributed by atoms with van der Waals surface area (Å²) >= 11 is 0. The number of rotatable bonds is 1. The van der Waals surface area contributed by atoms with Gasteiger partial charge in [-0.25, -0.2) is 0 Å². The van der Waals surface area contributed by atoms with Crippen LogP contribution in [0.15, 0.2) is 0 Å². The first-order valence-corrected chi connectivity index (χ1v) is 7.56. The van der Waals surface area contributed by atoms with Crippen LogP contribution in [0.3, 0.4) is 0 Å². The van der Waals surface area contributed by atoms with Gasteiger partial charge in [0.25, 0.3) is 0 Å². The van der Waals surface area contributed by atoms with E-state index in [-0.39, 0.29) is 0 Å². The van der Waals surface area contributed by atoms with E-state index in [1.54, 1.807) is 0 Å². The molecule has 0 amide bonds. The summed E-state index contributed by atoms with van der Waals surface area (Å²) in [5.41, 5.74) is 0. The first-order chi connectivity index (χ1) is 5.06. The third kappa shape index (κ3) is 1.93. The number of hydrogen-bond acceptors (Lipinski definition) is 0. The zero-order chi connectivity index (χ0) is 10.2. The van der Waals surface area contributed by atoms with E-state index in [2.05, 4.69) is 55.0 Å². The van der Waals surface area contributed by atoms with Crippen LogP contribution < -0.4 is 0 Å². The van der Waals surface area contributed by atoms with E-state index in [9.17, 15) is 0 Å². The minimum atomic E-state index is -1.24. The van der Waals surface area contributed by atoms with Gasteiger partial charge in [-0.2, -0.15) is 0 Å². The van der Waals surface area contributed by atoms with Gasteiger partial charge in [0.05, 0.1) is 8.07 Å². The summed E-state index contributed by atoms with van der Waals surface area (Å²) in [4.78, 5) is 0. The lowest BCUT2D eigenvalue weighted by atomic mass is 10.2. The Kier molecular flexibility index (Phi) is 3.23. The van der Waals surface area contributed by atoms with E-state index in [0.717, 1.165) is 6.04 Å². The Balaban J connectivity index is 4.95. The van der Waals surface area contributed by atoms with E-state index in [1.165, 1.54) is 0 Å². The zero-order valence-electron chi connectivity index (χ0n) is 9.91. The molecule has 0 saturated carbocycles. The van der Waals surface area contributed by atoms with Gasteiger partial charge in [-0.15, -0.1) is 0 Å². The molecule has 0 aliphatic carbocycles. The fourth-order valence-corrected chi connectivity index (χ4v) is 5.62. The summed E-state index contributed by atoms with van der Waals surface area (Å²) in [5, 5.41) is 0.931. The van der Waals surface area contributed by atoms with Crippen LogP contribution >= 0.6 is 0 Å². The maximum Gasteiger partial charge on any atom is 0.0612 e. The summed E-state index contributed by atoms with van der Waals surface area (Å²) in [7, 11) is -1.24. The summed E-state index contributed by atoms with van der Waals surface area (Å²) in [6, 6.07) is 1.14. The maximum atomic E-state index is 4.15. The van der Waals surface area contributed by atoms with E-state index < -0.39 is 8.07 Å². The fraction of sp³-hybridized carbons (Fsp3) is 0.909. The third-order valence-corrected chi connectivity index (χ3v) is 11.4. The molecule has 0 saturated heterocycles. The van der Waals surface area contributed by atoms with Crippen molar-refractivity contribution in [3.05, 3.63) is 6.92 Å². The highest BCUT2D eigenvalue weighted by molar-refractivity contribution is 6.84. The van der Waals surface area contributed by atoms with Crippen molar-refractivity contribution in [1.29, 1.82) is 0 Å². The molecule has 1 radical (unpaired) electrons. The quantitative estimate of drug-likeness (QED) is 0.528. The van der Waals surface area contributed by atoms with Crippen LogP contribution in [0.4, 0.5) is 0 Å². The highest BCUT2D eigenvalue weighted by atomic mass is 28.3. The molecular weight excluding hydrogens is 160 g/mol. The molecule has 0 bridgehead atoms. The van der Waals surface area contributed by atoms with Crippen LogP contribution in [-0.2, 0) is 0 Å². The van der Waals surface area contributed by atoms with Crippen molar-refractivity contribution >= 4 is 8.07 Å². The van der Waals surface area contributed by atoms with Crippen molar-refractivity contribution < 1.29 is 0 Å². The normalized spacial score (nSPS) is 15.0. The molecule has 0 unspecified atom stereocenters. The van der Waals surface area contributed by atoms with Gasteiger partial charge in [0.1, 0.15) is 0 Å². The van der Waals surface area contributed by atoms with E-state index in [1.807, 2.05) is 0 Å². The third-order valence-electron chi connectivity index (χ3n) is 3.81. The second-order valence-corrected chi connectivity index (χ2v) is 12.2. The lowest BCUT2D eigenvalue weighted by Crippen LogP contribution is -2.48. The van der Waals surface area contributed by atoms with Gasteiger partial charge in [-0.05, 0) is 10.1 Å². The Morgan fingerprint density at radius 3 is 1.17 bits per heavy atom. The summed E-state index contributed by atoms with van der Waals surface area (Å²) < 4.78 is 0. The Bertz CT molecular complexity index is 131. The highest BCUT2D eigenvalue weighted by Gasteiger charge is 2.46. The summed E-state index contributed by atoms with van der Waals surface area (Å²) in [6.45, 7) is 20.9. The van der Waals surface area contributed by atoms with Crippen molar-refractivity contribution in [3.63, 3.8) is 0 Å². The Labute approximate surface area is 79.8 Å². The predicted molar refractivity (Wildman–Crippen MR) is 61.2 cm³/mol. The molecule has 0 spiro atoms. The monoisotopic (exact) mass is 185 g/mol. The van der Waals surface area contributed by atoms with Gasteiger partial charge in [0.15, 0.2) is 0 Å². The van der Waals surface area contributed by atoms with Crippen molar-refractivity contribution in [2.45, 2.75) is 64.2 Å². The van der Waals surface area contributed by atoms with Crippen molar-refractivity contribution in [3.8, 4) is 0 Å². The van der Waals surface area contributed by atoms with E-state index >= 15 is 0 Å². The molecule has 0 N–H and O–H groups in total. The van der Waals surface area contributed by atoms with Crippen LogP contribution in [0.25, 0.3) is 0 Å². The summed E-state index contributed by atoms with van der Waals surface area (Å²) in [6.07, 6.45) is 0. The molecule has 0 nitrogen and oxygen atoms in total. The predicted octanol–water partition coefficient (Wildman–Crippen LogP) is 4.50. The lowest BCUT2D eigenvalue weighted by Gasteiger charge is -2.49. The van der Waals surface area contributed by atoms with Gasteiger partial charge < -0.3 is 0 Å². The molecule has 0 aromatic rings. The molecule has 0 aliphatic rings. The molecule has 73 valence electrons. The molecule has 0 aliphatic heterocycles. The average Bonchev–Trinajstić information content (AvgIpc) is 1.81. The van der Waals surface area contributed by atoms with Crippen LogP contribution in [0.5, 0.6) is 0 Å². The lowest BCUT2D eigenvalue weighted by molar-refractivity contribution is 0.615. The minimum Gasteiger partial charge on any atom is -0.0684 e. The smallest absolute Gasteiger partial charge is 0.0612 e. The molecule has 12 heavy (non-hydrogen) atoms. The number of hydrogen-bond donors (Lipinski definition) is 0. The molecule has 0 heterocycles. The fourth-order valence-electron chi connectivity index (χ4n) is 1.88. The second kappa shape index (κ2) is 3.17. The standard InChI is InChI=1S/C11H25Si/c1-9-12(8,10(2,3)4)11(5,6)7/h1,9H2,2-8H3. The second-order valence-electron chi connectivity index (χ2n) is 6.08. The molecule has 0 fully saturated rings. The van der Waals surface area contributed by atoms with Gasteiger partial charge in [-0.1, -0.05) is 61.1 Å². The summed E-state index contributed by atoms with van der Waals surface area (Å²) in [5.74, 6) is 0. The van der Waals surface area contributed by atoms with Crippen LogP contribution in [0, 0.1) is 6.92 Å². The van der Waals surface area contributed by atoms with Gasteiger partial charge in [0, 0.05) is 0 Å². The van der Waals surface area contributed by atoms with Gasteiger partial charge in [0.2, 0.25) is 0 Å². The first-order valence-electron chi connectivity index (χ1n) is 4.85. The molecule has 0 rings (SSSR count). The van der Waals surface area contributed by atoms with Crippen molar-refractivity contribution in [2.75, 3.05) is 0 Å². The van der Waals surface area contributed by atoms with Crippen LogP contribution in [0.1, 0.15) is 41.5 Å². The van der Waals surface area contributed by atoms with Crippen LogP contribution in [0.2, 0.25) is 22.7 Å². The first kappa shape index (κ1) is 12.2. The Morgan fingerprint density at radius 1 is 0.917 bits per heavy atom. The molecule has 1 heteroatoms.